The Labute approximate surface area is 113 Å². The third-order valence-corrected chi connectivity index (χ3v) is 3.18. The summed E-state index contributed by atoms with van der Waals surface area (Å²) in [6, 6.07) is 1.88. The monoisotopic (exact) mass is 330 g/mol. The fourth-order valence-corrected chi connectivity index (χ4v) is 2.16. The molecule has 0 unspecified atom stereocenters. The van der Waals surface area contributed by atoms with Crippen molar-refractivity contribution >= 4 is 25.4 Å². The van der Waals surface area contributed by atoms with Gasteiger partial charge in [-0.2, -0.15) is 5.26 Å². The smallest absolute Gasteiger partial charge is 0.403 e. The summed E-state index contributed by atoms with van der Waals surface area (Å²) in [5.74, 6) is -1.42. The summed E-state index contributed by atoms with van der Waals surface area (Å²) in [5, 5.41) is 19.2. The number of nitro groups is 1. The van der Waals surface area contributed by atoms with E-state index in [0.29, 0.717) is 6.07 Å². The number of benzene rings is 1. The highest BCUT2D eigenvalue weighted by Gasteiger charge is 2.36. The number of nitriles is 1. The quantitative estimate of drug-likeness (QED) is 0.477. The Morgan fingerprint density at radius 3 is 2.30 bits per heavy atom. The van der Waals surface area contributed by atoms with E-state index in [1.54, 1.807) is 0 Å². The van der Waals surface area contributed by atoms with E-state index in [1.807, 2.05) is 0 Å². The molecule has 0 bridgehead atoms. The second-order valence-corrected chi connectivity index (χ2v) is 5.71. The maximum atomic E-state index is 12.2. The van der Waals surface area contributed by atoms with E-state index in [2.05, 4.69) is 4.74 Å². The van der Waals surface area contributed by atoms with E-state index in [-0.39, 0.29) is 6.07 Å². The van der Waals surface area contributed by atoms with Crippen LogP contribution in [0.3, 0.4) is 0 Å². The zero-order valence-electron chi connectivity index (χ0n) is 9.01. The first-order chi connectivity index (χ1) is 8.95. The lowest BCUT2D eigenvalue weighted by Gasteiger charge is -2.12. The average Bonchev–Trinajstić information content (AvgIpc) is 2.25. The molecule has 0 aromatic heterocycles. The van der Waals surface area contributed by atoms with Crippen LogP contribution in [0, 0.1) is 21.4 Å². The van der Waals surface area contributed by atoms with Crippen LogP contribution in [-0.2, 0) is 9.05 Å². The summed E-state index contributed by atoms with van der Waals surface area (Å²) in [6.45, 7) is 0. The molecule has 0 aliphatic carbocycles. The van der Waals surface area contributed by atoms with Gasteiger partial charge in [-0.25, -0.2) is 8.42 Å². The Hall–Kier alpha value is -2.06. The van der Waals surface area contributed by atoms with E-state index >= 15 is 0 Å². The largest absolute Gasteiger partial charge is 0.573 e. The molecule has 108 valence electrons. The summed E-state index contributed by atoms with van der Waals surface area (Å²) in [5.41, 5.74) is -1.91. The van der Waals surface area contributed by atoms with Gasteiger partial charge in [-0.1, -0.05) is 0 Å². The molecule has 1 aromatic rings. The van der Waals surface area contributed by atoms with Crippen molar-refractivity contribution in [2.24, 2.45) is 0 Å². The highest BCUT2D eigenvalue weighted by atomic mass is 35.7. The van der Waals surface area contributed by atoms with Gasteiger partial charge >= 0.3 is 6.36 Å². The third-order valence-electron chi connectivity index (χ3n) is 1.85. The van der Waals surface area contributed by atoms with Crippen LogP contribution >= 0.6 is 10.7 Å². The van der Waals surface area contributed by atoms with Crippen LogP contribution < -0.4 is 4.74 Å². The number of hydrogen-bond acceptors (Lipinski definition) is 6. The van der Waals surface area contributed by atoms with Gasteiger partial charge in [0, 0.05) is 22.8 Å². The number of halogens is 4. The lowest BCUT2D eigenvalue weighted by atomic mass is 10.2. The van der Waals surface area contributed by atoms with Gasteiger partial charge in [0.15, 0.2) is 5.75 Å². The molecule has 0 radical (unpaired) electrons. The molecule has 0 saturated heterocycles. The normalized spacial score (nSPS) is 11.8. The van der Waals surface area contributed by atoms with E-state index in [1.165, 1.54) is 6.07 Å². The fourth-order valence-electron chi connectivity index (χ4n) is 1.18. The molecule has 0 atom stereocenters. The first-order valence-electron chi connectivity index (χ1n) is 4.38. The van der Waals surface area contributed by atoms with E-state index < -0.39 is 42.2 Å². The highest BCUT2D eigenvalue weighted by molar-refractivity contribution is 8.13. The summed E-state index contributed by atoms with van der Waals surface area (Å²) < 4.78 is 62.3. The predicted octanol–water partition coefficient (Wildman–Crippen LogP) is 2.29. The number of alkyl halides is 3. The van der Waals surface area contributed by atoms with Crippen molar-refractivity contribution in [1.82, 2.24) is 0 Å². The van der Waals surface area contributed by atoms with Crippen molar-refractivity contribution in [3.8, 4) is 11.8 Å². The van der Waals surface area contributed by atoms with Crippen molar-refractivity contribution in [1.29, 1.82) is 5.26 Å². The van der Waals surface area contributed by atoms with Gasteiger partial charge < -0.3 is 4.74 Å². The molecule has 20 heavy (non-hydrogen) atoms. The Morgan fingerprint density at radius 1 is 1.40 bits per heavy atom. The Kier molecular flexibility index (Phi) is 4.11. The summed E-state index contributed by atoms with van der Waals surface area (Å²) >= 11 is 0. The average molecular weight is 331 g/mol. The van der Waals surface area contributed by atoms with Crippen molar-refractivity contribution in [3.63, 3.8) is 0 Å². The summed E-state index contributed by atoms with van der Waals surface area (Å²) in [7, 11) is 0.0882. The molecule has 12 heteroatoms. The highest BCUT2D eigenvalue weighted by Crippen LogP contribution is 2.37. The Bertz CT molecular complexity index is 710. The van der Waals surface area contributed by atoms with Crippen molar-refractivity contribution in [3.05, 3.63) is 27.8 Å². The molecule has 0 N–H and O–H groups in total. The lowest BCUT2D eigenvalue weighted by Crippen LogP contribution is -2.19. The minimum Gasteiger partial charge on any atom is -0.403 e. The number of nitrogens with zero attached hydrogens (tertiary/aromatic N) is 2. The second kappa shape index (κ2) is 5.14. The number of ether oxygens (including phenoxy) is 1. The lowest BCUT2D eigenvalue weighted by molar-refractivity contribution is -0.385. The van der Waals surface area contributed by atoms with Gasteiger partial charge in [-0.15, -0.1) is 13.2 Å². The van der Waals surface area contributed by atoms with Crippen LogP contribution in [0.25, 0.3) is 0 Å². The standard InChI is InChI=1S/C8H2ClF3N2O5S/c9-20(17,18)6-2-5(14(15)16)1-4(3-13)7(6)19-8(10,11)12/h1-2H. The Balaban J connectivity index is 3.72. The maximum Gasteiger partial charge on any atom is 0.573 e. The van der Waals surface area contributed by atoms with Gasteiger partial charge in [-0.05, 0) is 0 Å². The number of hydrogen-bond donors (Lipinski definition) is 0. The van der Waals surface area contributed by atoms with Crippen LogP contribution in [-0.4, -0.2) is 19.7 Å². The molecule has 1 rings (SSSR count). The van der Waals surface area contributed by atoms with Gasteiger partial charge in [0.25, 0.3) is 14.7 Å². The molecule has 0 saturated carbocycles. The first-order valence-corrected chi connectivity index (χ1v) is 6.69. The van der Waals surface area contributed by atoms with Crippen molar-refractivity contribution < 1.29 is 31.2 Å². The predicted molar refractivity (Wildman–Crippen MR) is 57.5 cm³/mol. The molecule has 0 aliphatic heterocycles. The van der Waals surface area contributed by atoms with Crippen molar-refractivity contribution in [2.75, 3.05) is 0 Å². The summed E-state index contributed by atoms with van der Waals surface area (Å²) in [6.07, 6.45) is -5.31. The molecule has 0 aliphatic rings. The fraction of sp³-hybridized carbons (Fsp3) is 0.125. The molecular formula is C8H2ClF3N2O5S. The van der Waals surface area contributed by atoms with Gasteiger partial charge in [-0.3, -0.25) is 10.1 Å². The number of nitro benzene ring substituents is 1. The topological polar surface area (TPSA) is 110 Å². The first kappa shape index (κ1) is 16.0. The number of rotatable bonds is 3. The van der Waals surface area contributed by atoms with Crippen LogP contribution in [0.4, 0.5) is 18.9 Å². The molecule has 0 spiro atoms. The molecule has 0 amide bonds. The van der Waals surface area contributed by atoms with Gasteiger partial charge in [0.05, 0.1) is 4.92 Å². The van der Waals surface area contributed by atoms with E-state index in [4.69, 9.17) is 15.9 Å². The third kappa shape index (κ3) is 3.72. The summed E-state index contributed by atoms with van der Waals surface area (Å²) in [4.78, 5) is 8.13. The minimum absolute atomic E-state index is 0.268. The van der Waals surface area contributed by atoms with Gasteiger partial charge in [0.1, 0.15) is 16.5 Å². The Morgan fingerprint density at radius 2 is 1.95 bits per heavy atom. The zero-order chi connectivity index (χ0) is 15.7. The van der Waals surface area contributed by atoms with Crippen LogP contribution in [0.5, 0.6) is 5.75 Å². The molecule has 1 aromatic carbocycles. The van der Waals surface area contributed by atoms with E-state index in [0.717, 1.165) is 0 Å². The molecule has 0 heterocycles. The van der Waals surface area contributed by atoms with Gasteiger partial charge in [0.2, 0.25) is 0 Å². The van der Waals surface area contributed by atoms with Crippen LogP contribution in [0.15, 0.2) is 17.0 Å². The van der Waals surface area contributed by atoms with Crippen molar-refractivity contribution in [2.45, 2.75) is 11.3 Å². The molecule has 0 fully saturated rings. The number of non-ortho nitro benzene ring substituents is 1. The minimum atomic E-state index is -5.31. The van der Waals surface area contributed by atoms with E-state index in [9.17, 15) is 31.7 Å². The van der Waals surface area contributed by atoms with Crippen LogP contribution in [0.2, 0.25) is 0 Å². The zero-order valence-corrected chi connectivity index (χ0v) is 10.6. The molecule has 7 nitrogen and oxygen atoms in total. The van der Waals surface area contributed by atoms with Crippen LogP contribution in [0.1, 0.15) is 5.56 Å². The second-order valence-electron chi connectivity index (χ2n) is 3.18. The molecular weight excluding hydrogens is 329 g/mol. The maximum absolute atomic E-state index is 12.2. The SMILES string of the molecule is N#Cc1cc([N+](=O)[O-])cc(S(=O)(=O)Cl)c1OC(F)(F)F.